The summed E-state index contributed by atoms with van der Waals surface area (Å²) in [6.07, 6.45) is -2.07. The molecule has 0 aliphatic rings. The minimum Gasteiger partial charge on any atom is -0.497 e. The SMILES string of the molecule is COc1cccc(/C=C/C(=O)Oc2ccc3c(C(F)(F)F)cc(=O)oc3c2)c1. The predicted octanol–water partition coefficient (Wildman–Crippen LogP) is 4.44. The molecule has 0 unspecified atom stereocenters. The van der Waals surface area contributed by atoms with Crippen LogP contribution < -0.4 is 15.1 Å². The summed E-state index contributed by atoms with van der Waals surface area (Å²) in [5.74, 6) is -0.202. The lowest BCUT2D eigenvalue weighted by Crippen LogP contribution is -2.11. The second-order valence-corrected chi connectivity index (χ2v) is 5.67. The van der Waals surface area contributed by atoms with Gasteiger partial charge in [-0.25, -0.2) is 9.59 Å². The molecule has 0 aliphatic heterocycles. The summed E-state index contributed by atoms with van der Waals surface area (Å²) in [6, 6.07) is 10.6. The van der Waals surface area contributed by atoms with Crippen molar-refractivity contribution < 1.29 is 31.9 Å². The number of ether oxygens (including phenoxy) is 2. The molecule has 0 spiro atoms. The van der Waals surface area contributed by atoms with Crippen LogP contribution >= 0.6 is 0 Å². The number of hydrogen-bond donors (Lipinski definition) is 0. The van der Waals surface area contributed by atoms with Crippen LogP contribution in [0.2, 0.25) is 0 Å². The van der Waals surface area contributed by atoms with Gasteiger partial charge in [-0.1, -0.05) is 12.1 Å². The van der Waals surface area contributed by atoms with Crippen molar-refractivity contribution in [3.8, 4) is 11.5 Å². The highest BCUT2D eigenvalue weighted by Crippen LogP contribution is 2.34. The highest BCUT2D eigenvalue weighted by Gasteiger charge is 2.33. The van der Waals surface area contributed by atoms with E-state index in [1.165, 1.54) is 19.3 Å². The van der Waals surface area contributed by atoms with Gasteiger partial charge in [-0.2, -0.15) is 13.2 Å². The Labute approximate surface area is 156 Å². The van der Waals surface area contributed by atoms with Gasteiger partial charge >= 0.3 is 17.8 Å². The molecule has 0 saturated carbocycles. The van der Waals surface area contributed by atoms with Crippen LogP contribution in [-0.4, -0.2) is 13.1 Å². The molecule has 8 heteroatoms. The van der Waals surface area contributed by atoms with E-state index in [-0.39, 0.29) is 16.7 Å². The van der Waals surface area contributed by atoms with Crippen LogP contribution in [0.25, 0.3) is 17.0 Å². The first-order valence-electron chi connectivity index (χ1n) is 7.95. The van der Waals surface area contributed by atoms with Crippen LogP contribution in [-0.2, 0) is 11.0 Å². The number of carbonyl (C=O) groups excluding carboxylic acids is 1. The summed E-state index contributed by atoms with van der Waals surface area (Å²) < 4.78 is 54.1. The predicted molar refractivity (Wildman–Crippen MR) is 95.1 cm³/mol. The van der Waals surface area contributed by atoms with Gasteiger partial charge in [0.1, 0.15) is 17.1 Å². The maximum absolute atomic E-state index is 13.0. The minimum atomic E-state index is -4.72. The van der Waals surface area contributed by atoms with E-state index in [4.69, 9.17) is 13.9 Å². The average Bonchev–Trinajstić information content (AvgIpc) is 2.65. The van der Waals surface area contributed by atoms with Crippen LogP contribution in [0.15, 0.2) is 63.8 Å². The highest BCUT2D eigenvalue weighted by atomic mass is 19.4. The summed E-state index contributed by atoms with van der Waals surface area (Å²) in [4.78, 5) is 23.4. The van der Waals surface area contributed by atoms with Crippen molar-refractivity contribution in [2.75, 3.05) is 7.11 Å². The van der Waals surface area contributed by atoms with Crippen molar-refractivity contribution in [3.05, 3.63) is 76.2 Å². The van der Waals surface area contributed by atoms with Crippen LogP contribution in [0.5, 0.6) is 11.5 Å². The van der Waals surface area contributed by atoms with Crippen molar-refractivity contribution in [1.82, 2.24) is 0 Å². The van der Waals surface area contributed by atoms with Gasteiger partial charge in [0.05, 0.1) is 12.7 Å². The Morgan fingerprint density at radius 2 is 1.86 bits per heavy atom. The fourth-order valence-electron chi connectivity index (χ4n) is 2.50. The number of methoxy groups -OCH3 is 1. The largest absolute Gasteiger partial charge is 0.497 e. The molecule has 2 aromatic carbocycles. The number of esters is 1. The van der Waals surface area contributed by atoms with Crippen LogP contribution in [0, 0.1) is 0 Å². The molecule has 5 nitrogen and oxygen atoms in total. The summed E-state index contributed by atoms with van der Waals surface area (Å²) in [5, 5.41) is -0.307. The molecule has 0 atom stereocenters. The van der Waals surface area contributed by atoms with Gasteiger partial charge in [0.2, 0.25) is 0 Å². The Kier molecular flexibility index (Phi) is 5.21. The smallest absolute Gasteiger partial charge is 0.417 e. The summed E-state index contributed by atoms with van der Waals surface area (Å²) in [7, 11) is 1.51. The molecule has 0 bridgehead atoms. The molecule has 1 aromatic heterocycles. The molecular weight excluding hydrogens is 377 g/mol. The summed E-state index contributed by atoms with van der Waals surface area (Å²) in [5.41, 5.74) is -1.91. The molecule has 0 fully saturated rings. The quantitative estimate of drug-likeness (QED) is 0.285. The lowest BCUT2D eigenvalue weighted by molar-refractivity contribution is -0.136. The molecule has 0 amide bonds. The van der Waals surface area contributed by atoms with Crippen molar-refractivity contribution in [3.63, 3.8) is 0 Å². The summed E-state index contributed by atoms with van der Waals surface area (Å²) in [6.45, 7) is 0. The van der Waals surface area contributed by atoms with Crippen LogP contribution in [0.1, 0.15) is 11.1 Å². The van der Waals surface area contributed by atoms with Gasteiger partial charge < -0.3 is 13.9 Å². The molecule has 1 heterocycles. The third-order valence-electron chi connectivity index (χ3n) is 3.75. The summed E-state index contributed by atoms with van der Waals surface area (Å²) >= 11 is 0. The Bertz CT molecular complexity index is 1110. The number of rotatable bonds is 4. The maximum Gasteiger partial charge on any atom is 0.417 e. The molecule has 3 rings (SSSR count). The maximum atomic E-state index is 13.0. The molecule has 144 valence electrons. The van der Waals surface area contributed by atoms with Gasteiger partial charge in [-0.15, -0.1) is 0 Å². The fourth-order valence-corrected chi connectivity index (χ4v) is 2.50. The Hall–Kier alpha value is -3.55. The standard InChI is InChI=1S/C20H13F3O5/c1-26-13-4-2-3-12(9-13)5-8-18(24)27-14-6-7-15-16(20(21,22)23)11-19(25)28-17(15)10-14/h2-11H,1H3/b8-5+. The van der Waals surface area contributed by atoms with Crippen molar-refractivity contribution >= 4 is 23.0 Å². The van der Waals surface area contributed by atoms with E-state index in [0.29, 0.717) is 17.4 Å². The van der Waals surface area contributed by atoms with Crippen molar-refractivity contribution in [2.45, 2.75) is 6.18 Å². The minimum absolute atomic E-state index is 0.0599. The topological polar surface area (TPSA) is 65.7 Å². The fraction of sp³-hybridized carbons (Fsp3) is 0.100. The zero-order valence-electron chi connectivity index (χ0n) is 14.4. The first-order chi connectivity index (χ1) is 13.3. The van der Waals surface area contributed by atoms with Gasteiger partial charge in [0, 0.05) is 23.6 Å². The van der Waals surface area contributed by atoms with E-state index in [2.05, 4.69) is 0 Å². The zero-order valence-corrected chi connectivity index (χ0v) is 14.4. The molecule has 3 aromatic rings. The lowest BCUT2D eigenvalue weighted by atomic mass is 10.1. The molecule has 0 radical (unpaired) electrons. The number of halogens is 3. The lowest BCUT2D eigenvalue weighted by Gasteiger charge is -2.09. The third-order valence-corrected chi connectivity index (χ3v) is 3.75. The number of benzene rings is 2. The monoisotopic (exact) mass is 390 g/mol. The van der Waals surface area contributed by atoms with E-state index < -0.39 is 23.3 Å². The molecule has 0 aliphatic carbocycles. The van der Waals surface area contributed by atoms with Crippen molar-refractivity contribution in [1.29, 1.82) is 0 Å². The third kappa shape index (κ3) is 4.40. The van der Waals surface area contributed by atoms with Crippen molar-refractivity contribution in [2.24, 2.45) is 0 Å². The normalized spacial score (nSPS) is 11.7. The first-order valence-corrected chi connectivity index (χ1v) is 7.95. The number of alkyl halides is 3. The second kappa shape index (κ2) is 7.59. The molecule has 0 N–H and O–H groups in total. The van der Waals surface area contributed by atoms with E-state index in [1.54, 1.807) is 24.3 Å². The number of hydrogen-bond acceptors (Lipinski definition) is 5. The van der Waals surface area contributed by atoms with Gasteiger partial charge in [0.25, 0.3) is 0 Å². The van der Waals surface area contributed by atoms with Gasteiger partial charge in [-0.05, 0) is 35.9 Å². The van der Waals surface area contributed by atoms with Gasteiger partial charge in [-0.3, -0.25) is 0 Å². The van der Waals surface area contributed by atoms with Gasteiger partial charge in [0.15, 0.2) is 0 Å². The molecule has 28 heavy (non-hydrogen) atoms. The van der Waals surface area contributed by atoms with E-state index in [0.717, 1.165) is 18.2 Å². The molecule has 0 saturated heterocycles. The Morgan fingerprint density at radius 3 is 2.57 bits per heavy atom. The number of fused-ring (bicyclic) bond motifs is 1. The highest BCUT2D eigenvalue weighted by molar-refractivity contribution is 5.90. The molecular formula is C20H13F3O5. The second-order valence-electron chi connectivity index (χ2n) is 5.67. The van der Waals surface area contributed by atoms with E-state index in [9.17, 15) is 22.8 Å². The average molecular weight is 390 g/mol. The Balaban J connectivity index is 1.83. The Morgan fingerprint density at radius 1 is 1.07 bits per heavy atom. The first kappa shape index (κ1) is 19.2. The number of carbonyl (C=O) groups is 1. The zero-order chi connectivity index (χ0) is 20.3. The van der Waals surface area contributed by atoms with E-state index >= 15 is 0 Å². The van der Waals surface area contributed by atoms with Crippen LogP contribution in [0.4, 0.5) is 13.2 Å². The van der Waals surface area contributed by atoms with Crippen LogP contribution in [0.3, 0.4) is 0 Å². The van der Waals surface area contributed by atoms with E-state index in [1.807, 2.05) is 0 Å².